The fourth-order valence-corrected chi connectivity index (χ4v) is 12.8. The van der Waals surface area contributed by atoms with E-state index in [9.17, 15) is 4.79 Å². The number of fused-ring (bicyclic) bond motifs is 23. The van der Waals surface area contributed by atoms with Crippen LogP contribution in [0.4, 0.5) is 0 Å². The van der Waals surface area contributed by atoms with Gasteiger partial charge in [0.1, 0.15) is 5.58 Å². The van der Waals surface area contributed by atoms with Gasteiger partial charge in [-0.1, -0.05) is 188 Å². The van der Waals surface area contributed by atoms with Crippen molar-refractivity contribution in [3.63, 3.8) is 0 Å². The Labute approximate surface area is 375 Å². The summed E-state index contributed by atoms with van der Waals surface area (Å²) < 4.78 is 6.27. The Hall–Kier alpha value is -8.33. The molecular formula is C63H36O2. The summed E-state index contributed by atoms with van der Waals surface area (Å²) in [4.78, 5) is 14.2. The van der Waals surface area contributed by atoms with Crippen molar-refractivity contribution in [2.75, 3.05) is 0 Å². The second kappa shape index (κ2) is 12.4. The highest BCUT2D eigenvalue weighted by Gasteiger charge is 2.53. The molecule has 4 aliphatic carbocycles. The van der Waals surface area contributed by atoms with Gasteiger partial charge >= 0.3 is 5.63 Å². The van der Waals surface area contributed by atoms with Gasteiger partial charge in [0.25, 0.3) is 0 Å². The van der Waals surface area contributed by atoms with E-state index in [0.29, 0.717) is 11.0 Å². The SMILES string of the molecule is O=c1oc2cc(-c3ccc4c(c3)C3(c5ccccc5-c5ccccc53)c3ccccc3-4)ccc2c2ccc(-c3ccc4c(c3)C3(c5ccccc5-c5ccccc53)c3ccccc3-4)cc12. The molecule has 15 rings (SSSR count). The normalized spacial score (nSPS) is 14.5. The lowest BCUT2D eigenvalue weighted by molar-refractivity contribution is 0.570. The highest BCUT2D eigenvalue weighted by Crippen LogP contribution is 2.64. The molecule has 11 aromatic rings. The maximum Gasteiger partial charge on any atom is 0.344 e. The fraction of sp³-hybridized carbons (Fsp3) is 0.0317. The van der Waals surface area contributed by atoms with E-state index in [0.717, 1.165) is 33.0 Å². The molecule has 4 aliphatic rings. The molecule has 2 nitrogen and oxygen atoms in total. The predicted molar refractivity (Wildman–Crippen MR) is 263 cm³/mol. The molecule has 2 heteroatoms. The first-order chi connectivity index (χ1) is 32.1. The van der Waals surface area contributed by atoms with Crippen molar-refractivity contribution in [3.8, 4) is 66.8 Å². The second-order valence-corrected chi connectivity index (χ2v) is 18.2. The van der Waals surface area contributed by atoms with Gasteiger partial charge < -0.3 is 4.42 Å². The van der Waals surface area contributed by atoms with Gasteiger partial charge in [-0.2, -0.15) is 0 Å². The summed E-state index contributed by atoms with van der Waals surface area (Å²) in [5, 5.41) is 2.38. The molecular weight excluding hydrogens is 789 g/mol. The van der Waals surface area contributed by atoms with E-state index in [4.69, 9.17) is 4.42 Å². The Morgan fingerprint density at radius 2 is 0.569 bits per heavy atom. The summed E-state index contributed by atoms with van der Waals surface area (Å²) in [6.07, 6.45) is 0. The zero-order chi connectivity index (χ0) is 42.6. The van der Waals surface area contributed by atoms with Crippen LogP contribution in [0.1, 0.15) is 44.5 Å². The lowest BCUT2D eigenvalue weighted by atomic mass is 9.70. The molecule has 1 aromatic heterocycles. The average molecular weight is 825 g/mol. The van der Waals surface area contributed by atoms with Gasteiger partial charge in [-0.3, -0.25) is 0 Å². The number of benzene rings is 10. The third-order valence-corrected chi connectivity index (χ3v) is 15.4. The third kappa shape index (κ3) is 4.28. The zero-order valence-electron chi connectivity index (χ0n) is 35.1. The van der Waals surface area contributed by atoms with Crippen molar-refractivity contribution in [1.82, 2.24) is 0 Å². The van der Waals surface area contributed by atoms with Crippen LogP contribution in [0.2, 0.25) is 0 Å². The quantitative estimate of drug-likeness (QED) is 0.128. The number of hydrogen-bond acceptors (Lipinski definition) is 2. The molecule has 0 bridgehead atoms. The van der Waals surface area contributed by atoms with Crippen molar-refractivity contribution >= 4 is 21.7 Å². The Kier molecular flexibility index (Phi) is 6.73. The molecule has 10 aromatic carbocycles. The van der Waals surface area contributed by atoms with Crippen LogP contribution in [0.15, 0.2) is 228 Å². The summed E-state index contributed by atoms with van der Waals surface area (Å²) in [6, 6.07) is 79.7. The van der Waals surface area contributed by atoms with Crippen LogP contribution in [-0.4, -0.2) is 0 Å². The summed E-state index contributed by atoms with van der Waals surface area (Å²) in [5.74, 6) is 0. The predicted octanol–water partition coefficient (Wildman–Crippen LogP) is 15.0. The number of hydrogen-bond donors (Lipinski definition) is 0. The molecule has 0 saturated carbocycles. The smallest absolute Gasteiger partial charge is 0.344 e. The summed E-state index contributed by atoms with van der Waals surface area (Å²) in [7, 11) is 0. The zero-order valence-corrected chi connectivity index (χ0v) is 35.1. The van der Waals surface area contributed by atoms with Gasteiger partial charge in [0.05, 0.1) is 16.2 Å². The summed E-state index contributed by atoms with van der Waals surface area (Å²) in [5.41, 5.74) is 24.2. The van der Waals surface area contributed by atoms with Gasteiger partial charge in [0.2, 0.25) is 0 Å². The molecule has 0 amide bonds. The summed E-state index contributed by atoms with van der Waals surface area (Å²) >= 11 is 0. The van der Waals surface area contributed by atoms with Crippen LogP contribution < -0.4 is 5.63 Å². The standard InChI is InChI=1S/C63H36O2/c64-61-51-33-37(38-26-30-48-46-17-5-11-23-56(46)62(58(48)34-38)52-19-7-1-13-42(52)43-14-2-8-20-53(43)62)25-29-41(51)50-32-28-40(36-60(50)65-61)39-27-31-49-47-18-6-12-24-57(47)63(59(49)35-39)54-21-9-3-15-44(54)45-16-4-10-22-55(45)63/h1-36H. The van der Waals surface area contributed by atoms with E-state index in [-0.39, 0.29) is 5.63 Å². The van der Waals surface area contributed by atoms with Crippen molar-refractivity contribution in [3.05, 3.63) is 273 Å². The van der Waals surface area contributed by atoms with Crippen molar-refractivity contribution in [2.24, 2.45) is 0 Å². The molecule has 0 atom stereocenters. The lowest BCUT2D eigenvalue weighted by Gasteiger charge is -2.30. The molecule has 0 saturated heterocycles. The largest absolute Gasteiger partial charge is 0.422 e. The average Bonchev–Trinajstić information content (AvgIpc) is 4.05. The van der Waals surface area contributed by atoms with Crippen molar-refractivity contribution < 1.29 is 4.42 Å². The Morgan fingerprint density at radius 3 is 0.969 bits per heavy atom. The molecule has 300 valence electrons. The third-order valence-electron chi connectivity index (χ3n) is 15.4. The lowest BCUT2D eigenvalue weighted by Crippen LogP contribution is -2.25. The van der Waals surface area contributed by atoms with Crippen LogP contribution in [0, 0.1) is 0 Å². The Bertz CT molecular complexity index is 3870. The Balaban J connectivity index is 0.859. The first kappa shape index (κ1) is 35.2. The van der Waals surface area contributed by atoms with Crippen LogP contribution in [0.25, 0.3) is 88.5 Å². The Morgan fingerprint density at radius 1 is 0.262 bits per heavy atom. The van der Waals surface area contributed by atoms with Crippen LogP contribution >= 0.6 is 0 Å². The molecule has 0 N–H and O–H groups in total. The molecule has 65 heavy (non-hydrogen) atoms. The van der Waals surface area contributed by atoms with E-state index < -0.39 is 10.8 Å². The van der Waals surface area contributed by atoms with Gasteiger partial charge in [-0.15, -0.1) is 0 Å². The number of rotatable bonds is 2. The van der Waals surface area contributed by atoms with E-state index in [1.54, 1.807) is 0 Å². The first-order valence-corrected chi connectivity index (χ1v) is 22.5. The van der Waals surface area contributed by atoms with Gasteiger partial charge in [-0.25, -0.2) is 4.79 Å². The van der Waals surface area contributed by atoms with Crippen LogP contribution in [-0.2, 0) is 10.8 Å². The monoisotopic (exact) mass is 824 g/mol. The van der Waals surface area contributed by atoms with E-state index in [1.807, 2.05) is 12.1 Å². The topological polar surface area (TPSA) is 30.2 Å². The minimum Gasteiger partial charge on any atom is -0.422 e. The highest BCUT2D eigenvalue weighted by atomic mass is 16.4. The summed E-state index contributed by atoms with van der Waals surface area (Å²) in [6.45, 7) is 0. The first-order valence-electron chi connectivity index (χ1n) is 22.5. The molecule has 0 radical (unpaired) electrons. The van der Waals surface area contributed by atoms with Crippen LogP contribution in [0.3, 0.4) is 0 Å². The van der Waals surface area contributed by atoms with Crippen molar-refractivity contribution in [2.45, 2.75) is 10.8 Å². The van der Waals surface area contributed by atoms with E-state index in [1.165, 1.54) is 89.0 Å². The van der Waals surface area contributed by atoms with Gasteiger partial charge in [0.15, 0.2) is 0 Å². The van der Waals surface area contributed by atoms with Crippen molar-refractivity contribution in [1.29, 1.82) is 0 Å². The maximum absolute atomic E-state index is 14.2. The van der Waals surface area contributed by atoms with Gasteiger partial charge in [-0.05, 0) is 147 Å². The maximum atomic E-state index is 14.2. The van der Waals surface area contributed by atoms with E-state index >= 15 is 0 Å². The van der Waals surface area contributed by atoms with Crippen LogP contribution in [0.5, 0.6) is 0 Å². The second-order valence-electron chi connectivity index (χ2n) is 18.2. The molecule has 2 spiro atoms. The molecule has 1 heterocycles. The molecule has 0 aliphatic heterocycles. The minimum absolute atomic E-state index is 0.335. The van der Waals surface area contributed by atoms with Gasteiger partial charge in [0, 0.05) is 5.39 Å². The molecule has 0 fully saturated rings. The molecule has 0 unspecified atom stereocenters. The van der Waals surface area contributed by atoms with E-state index in [2.05, 4.69) is 206 Å². The highest BCUT2D eigenvalue weighted by molar-refractivity contribution is 6.07. The minimum atomic E-state index is -0.436. The fourth-order valence-electron chi connectivity index (χ4n) is 12.8.